The minimum absolute atomic E-state index is 0. The molecule has 0 unspecified atom stereocenters. The maximum Gasteiger partial charge on any atom is 0.139 e. The predicted octanol–water partition coefficient (Wildman–Crippen LogP) is 13.5. The van der Waals surface area contributed by atoms with Gasteiger partial charge in [0, 0.05) is 71.0 Å². The molecule has 0 amide bonds. The molecule has 6 heteroatoms. The SMILES string of the molecule is [2H]C([2H])([2H])c1c(-c2ccccc2)ccnc1-n1c2[c-]c(Oc3[c-]c(N4[CH-]N(c5cc(C(C)(C)C)cc(C(C)(C)C)c5)c5ccccc54)ccc3)ccc2c2ccccc21.[Pt]. The second-order valence-corrected chi connectivity index (χ2v) is 16.5. The van der Waals surface area contributed by atoms with Gasteiger partial charge in [0.2, 0.25) is 0 Å². The molecule has 1 aliphatic heterocycles. The Labute approximate surface area is 355 Å². The van der Waals surface area contributed by atoms with Gasteiger partial charge in [-0.25, -0.2) is 4.98 Å². The van der Waals surface area contributed by atoms with Crippen molar-refractivity contribution in [3.8, 4) is 28.4 Å². The van der Waals surface area contributed by atoms with Crippen molar-refractivity contribution in [2.75, 3.05) is 9.80 Å². The summed E-state index contributed by atoms with van der Waals surface area (Å²) in [5, 5.41) is 1.86. The number of anilines is 4. The Morgan fingerprint density at radius 2 is 1.32 bits per heavy atom. The number of aromatic nitrogens is 2. The van der Waals surface area contributed by atoms with E-state index in [2.05, 4.69) is 113 Å². The Kier molecular flexibility index (Phi) is 8.92. The predicted molar refractivity (Wildman–Crippen MR) is 232 cm³/mol. The van der Waals surface area contributed by atoms with Gasteiger partial charge in [-0.2, -0.15) is 12.1 Å². The number of nitrogens with zero attached hydrogens (tertiary/aromatic N) is 4. The Morgan fingerprint density at radius 1 is 0.649 bits per heavy atom. The van der Waals surface area contributed by atoms with Crippen LogP contribution < -0.4 is 14.5 Å². The van der Waals surface area contributed by atoms with E-state index < -0.39 is 6.85 Å². The topological polar surface area (TPSA) is 33.5 Å². The third-order valence-corrected chi connectivity index (χ3v) is 10.6. The molecular formula is C51H45N4OPt-3. The van der Waals surface area contributed by atoms with Crippen molar-refractivity contribution in [2.24, 2.45) is 0 Å². The molecule has 0 fully saturated rings. The third kappa shape index (κ3) is 7.04. The zero-order valence-electron chi connectivity index (χ0n) is 35.9. The van der Waals surface area contributed by atoms with Crippen LogP contribution in [0.15, 0.2) is 140 Å². The maximum absolute atomic E-state index is 8.71. The first-order valence-electron chi connectivity index (χ1n) is 20.5. The molecule has 0 spiro atoms. The van der Waals surface area contributed by atoms with E-state index in [1.807, 2.05) is 89.5 Å². The monoisotopic (exact) mass is 927 g/mol. The first-order valence-corrected chi connectivity index (χ1v) is 19.0. The zero-order chi connectivity index (χ0) is 41.3. The average molecular weight is 928 g/mol. The van der Waals surface area contributed by atoms with E-state index in [-0.39, 0.29) is 37.5 Å². The van der Waals surface area contributed by atoms with Crippen LogP contribution in [-0.4, -0.2) is 9.55 Å². The van der Waals surface area contributed by atoms with Gasteiger partial charge >= 0.3 is 0 Å². The van der Waals surface area contributed by atoms with E-state index in [4.69, 9.17) is 13.8 Å². The van der Waals surface area contributed by atoms with Crippen LogP contribution in [-0.2, 0) is 31.9 Å². The zero-order valence-corrected chi connectivity index (χ0v) is 35.1. The molecule has 57 heavy (non-hydrogen) atoms. The van der Waals surface area contributed by atoms with Gasteiger partial charge in [0.15, 0.2) is 0 Å². The molecule has 5 nitrogen and oxygen atoms in total. The number of hydrogen-bond donors (Lipinski definition) is 0. The maximum atomic E-state index is 8.71. The van der Waals surface area contributed by atoms with Crippen molar-refractivity contribution in [1.29, 1.82) is 0 Å². The van der Waals surface area contributed by atoms with E-state index in [0.717, 1.165) is 44.6 Å². The molecule has 6 aromatic carbocycles. The second-order valence-electron chi connectivity index (χ2n) is 16.5. The molecule has 0 bridgehead atoms. The minimum Gasteiger partial charge on any atom is -0.509 e. The summed E-state index contributed by atoms with van der Waals surface area (Å²) in [4.78, 5) is 9.15. The van der Waals surface area contributed by atoms with Gasteiger partial charge in [-0.1, -0.05) is 114 Å². The summed E-state index contributed by atoms with van der Waals surface area (Å²) in [6.45, 7) is 13.2. The smallest absolute Gasteiger partial charge is 0.139 e. The fourth-order valence-corrected chi connectivity index (χ4v) is 7.51. The number of rotatable bonds is 6. The molecule has 0 N–H and O–H groups in total. The number of pyridine rings is 1. The molecule has 8 aromatic rings. The molecule has 1 aliphatic rings. The van der Waals surface area contributed by atoms with Crippen molar-refractivity contribution in [3.63, 3.8) is 0 Å². The number of fused-ring (bicyclic) bond motifs is 4. The second kappa shape index (κ2) is 14.7. The first-order chi connectivity index (χ1) is 28.1. The van der Waals surface area contributed by atoms with Gasteiger partial charge < -0.3 is 19.1 Å². The van der Waals surface area contributed by atoms with E-state index >= 15 is 0 Å². The molecule has 0 aliphatic carbocycles. The number of benzene rings is 6. The van der Waals surface area contributed by atoms with E-state index in [9.17, 15) is 0 Å². The van der Waals surface area contributed by atoms with E-state index in [1.54, 1.807) is 12.3 Å². The van der Waals surface area contributed by atoms with E-state index in [1.165, 1.54) is 11.1 Å². The largest absolute Gasteiger partial charge is 0.509 e. The van der Waals surface area contributed by atoms with Crippen LogP contribution in [0.1, 0.15) is 62.3 Å². The molecule has 2 aromatic heterocycles. The molecule has 0 atom stereocenters. The quantitative estimate of drug-likeness (QED) is 0.156. The van der Waals surface area contributed by atoms with Gasteiger partial charge in [0.1, 0.15) is 5.82 Å². The van der Waals surface area contributed by atoms with Gasteiger partial charge in [0.05, 0.1) is 0 Å². The molecule has 9 rings (SSSR count). The Hall–Kier alpha value is -5.64. The van der Waals surface area contributed by atoms with Crippen molar-refractivity contribution in [1.82, 2.24) is 9.55 Å². The fraction of sp³-hybridized carbons (Fsp3) is 0.176. The van der Waals surface area contributed by atoms with Crippen LogP contribution in [0.5, 0.6) is 11.5 Å². The minimum atomic E-state index is -2.46. The van der Waals surface area contributed by atoms with Crippen molar-refractivity contribution in [3.05, 3.63) is 175 Å². The standard InChI is InChI=1S/C51H45N4O.Pt/c1-34-42(35-16-9-8-10-17-35)26-27-52-49(34)55-45-21-12-11-20-43(45)44-25-24-41(32-48(44)55)56-40-19-15-18-38(31-40)53-33-54(47-23-14-13-22-46(47)53)39-29-36(50(2,3)4)28-37(30-39)51(5,6)7;/h8-30,33H,1-7H3;/q-3;/i1D3;. The summed E-state index contributed by atoms with van der Waals surface area (Å²) in [6.07, 6.45) is 1.67. The van der Waals surface area contributed by atoms with Crippen LogP contribution in [0.4, 0.5) is 22.7 Å². The Morgan fingerprint density at radius 3 is 2.04 bits per heavy atom. The summed E-state index contributed by atoms with van der Waals surface area (Å²) >= 11 is 0. The van der Waals surface area contributed by atoms with Gasteiger partial charge in [-0.15, -0.1) is 48.1 Å². The van der Waals surface area contributed by atoms with Crippen LogP contribution in [0, 0.1) is 25.7 Å². The molecule has 0 radical (unpaired) electrons. The summed E-state index contributed by atoms with van der Waals surface area (Å²) in [5.41, 5.74) is 9.62. The number of hydrogen-bond acceptors (Lipinski definition) is 4. The third-order valence-electron chi connectivity index (χ3n) is 10.6. The van der Waals surface area contributed by atoms with Crippen LogP contribution >= 0.6 is 0 Å². The summed E-state index contributed by atoms with van der Waals surface area (Å²) in [5.74, 6) is 1.31. The van der Waals surface area contributed by atoms with E-state index in [0.29, 0.717) is 28.4 Å². The number of ether oxygens (including phenoxy) is 1. The molecular weight excluding hydrogens is 880 g/mol. The van der Waals surface area contributed by atoms with Gasteiger partial charge in [-0.3, -0.25) is 0 Å². The normalized spacial score (nSPS) is 13.9. The van der Waals surface area contributed by atoms with Crippen LogP contribution in [0.3, 0.4) is 0 Å². The number of para-hydroxylation sites is 3. The Balaban J connectivity index is 0.00000499. The average Bonchev–Trinajstić information content (AvgIpc) is 3.76. The molecule has 288 valence electrons. The van der Waals surface area contributed by atoms with Crippen molar-refractivity contribution in [2.45, 2.75) is 59.2 Å². The summed E-state index contributed by atoms with van der Waals surface area (Å²) in [7, 11) is 0. The van der Waals surface area contributed by atoms with Crippen LogP contribution in [0.25, 0.3) is 38.8 Å². The van der Waals surface area contributed by atoms with Crippen LogP contribution in [0.2, 0.25) is 0 Å². The summed E-state index contributed by atoms with van der Waals surface area (Å²) in [6, 6.07) is 51.5. The Bertz CT molecular complexity index is 2840. The molecule has 0 saturated carbocycles. The first kappa shape index (κ1) is 34.6. The summed E-state index contributed by atoms with van der Waals surface area (Å²) < 4.78 is 34.6. The van der Waals surface area contributed by atoms with Crippen molar-refractivity contribution < 1.29 is 29.9 Å². The fourth-order valence-electron chi connectivity index (χ4n) is 7.51. The van der Waals surface area contributed by atoms with Gasteiger partial charge in [-0.05, 0) is 81.7 Å². The molecule has 3 heterocycles. The molecule has 0 saturated heterocycles. The van der Waals surface area contributed by atoms with Gasteiger partial charge in [0.25, 0.3) is 0 Å². The van der Waals surface area contributed by atoms with Crippen molar-refractivity contribution >= 4 is 44.6 Å².